The molecule has 0 aliphatic carbocycles. The molecule has 0 spiro atoms. The first-order valence-electron chi connectivity index (χ1n) is 7.76. The van der Waals surface area contributed by atoms with E-state index >= 15 is 0 Å². The van der Waals surface area contributed by atoms with Gasteiger partial charge in [-0.05, 0) is 24.8 Å². The molecule has 1 aromatic carbocycles. The number of amides is 2. The predicted molar refractivity (Wildman–Crippen MR) is 88.9 cm³/mol. The van der Waals surface area contributed by atoms with Crippen LogP contribution in [0.15, 0.2) is 24.3 Å². The summed E-state index contributed by atoms with van der Waals surface area (Å²) in [6.45, 7) is 2.21. The van der Waals surface area contributed by atoms with Gasteiger partial charge in [-0.15, -0.1) is 0 Å². The number of aryl methyl sites for hydroxylation is 1. The summed E-state index contributed by atoms with van der Waals surface area (Å²) >= 11 is 0. The van der Waals surface area contributed by atoms with E-state index in [1.54, 1.807) is 26.1 Å². The summed E-state index contributed by atoms with van der Waals surface area (Å²) in [5.74, 6) is -1.54. The maximum absolute atomic E-state index is 11.8. The smallest absolute Gasteiger partial charge is 0.317 e. The number of nitro groups is 1. The molecule has 0 aliphatic heterocycles. The summed E-state index contributed by atoms with van der Waals surface area (Å²) in [6, 6.07) is 6.14. The predicted octanol–water partition coefficient (Wildman–Crippen LogP) is 2.28. The maximum Gasteiger partial charge on any atom is 0.317 e. The number of hydrogen-bond acceptors (Lipinski definition) is 4. The number of unbranched alkanes of at least 4 members (excludes halogenated alkanes) is 1. The van der Waals surface area contributed by atoms with E-state index < -0.39 is 16.8 Å². The molecule has 0 saturated carbocycles. The zero-order chi connectivity index (χ0) is 18.1. The van der Waals surface area contributed by atoms with Gasteiger partial charge in [0.25, 0.3) is 5.69 Å². The van der Waals surface area contributed by atoms with Gasteiger partial charge in [0.15, 0.2) is 0 Å². The third-order valence-electron chi connectivity index (χ3n) is 3.63. The lowest BCUT2D eigenvalue weighted by Crippen LogP contribution is -2.41. The van der Waals surface area contributed by atoms with Gasteiger partial charge in [0, 0.05) is 32.3 Å². The number of nitrogens with one attached hydrogen (secondary N) is 1. The number of rotatable bonds is 9. The number of carbonyl (C=O) groups excluding carboxylic acids is 1. The average molecular weight is 337 g/mol. The molecule has 0 aromatic heterocycles. The lowest BCUT2D eigenvalue weighted by atomic mass is 10.1. The molecule has 2 N–H and O–H groups in total. The standard InChI is InChI=1S/C16H23N3O5/c1-12(15(20)21)11-18(2)16(22)17-10-4-3-5-13-6-8-14(9-7-13)19(23)24/h6-9,12H,3-5,10-11H2,1-2H3,(H,17,22)(H,20,21). The Morgan fingerprint density at radius 1 is 1.29 bits per heavy atom. The van der Waals surface area contributed by atoms with Crippen molar-refractivity contribution in [1.82, 2.24) is 10.2 Å². The van der Waals surface area contributed by atoms with E-state index in [1.165, 1.54) is 17.0 Å². The van der Waals surface area contributed by atoms with Gasteiger partial charge >= 0.3 is 12.0 Å². The normalized spacial score (nSPS) is 11.6. The molecule has 0 saturated heterocycles. The minimum Gasteiger partial charge on any atom is -0.481 e. The number of nitrogens with zero attached hydrogens (tertiary/aromatic N) is 2. The summed E-state index contributed by atoms with van der Waals surface area (Å²) in [5, 5.41) is 22.1. The Balaban J connectivity index is 2.22. The molecule has 2 amide bonds. The number of nitro benzene ring substituents is 1. The third-order valence-corrected chi connectivity index (χ3v) is 3.63. The molecule has 24 heavy (non-hydrogen) atoms. The zero-order valence-electron chi connectivity index (χ0n) is 13.9. The summed E-state index contributed by atoms with van der Waals surface area (Å²) in [5.41, 5.74) is 1.09. The third kappa shape index (κ3) is 6.64. The fourth-order valence-electron chi connectivity index (χ4n) is 2.14. The molecular formula is C16H23N3O5. The first-order chi connectivity index (χ1) is 11.3. The van der Waals surface area contributed by atoms with Crippen LogP contribution in [0.4, 0.5) is 10.5 Å². The fourth-order valence-corrected chi connectivity index (χ4v) is 2.14. The van der Waals surface area contributed by atoms with E-state index in [2.05, 4.69) is 5.32 Å². The van der Waals surface area contributed by atoms with Crippen LogP contribution in [-0.2, 0) is 11.2 Å². The van der Waals surface area contributed by atoms with Crippen molar-refractivity contribution in [3.63, 3.8) is 0 Å². The molecule has 0 bridgehead atoms. The first-order valence-corrected chi connectivity index (χ1v) is 7.76. The molecule has 0 aliphatic rings. The number of carboxylic acid groups (broad SMARTS) is 1. The van der Waals surface area contributed by atoms with Crippen molar-refractivity contribution in [2.24, 2.45) is 5.92 Å². The monoisotopic (exact) mass is 337 g/mol. The van der Waals surface area contributed by atoms with Crippen LogP contribution in [0.5, 0.6) is 0 Å². The van der Waals surface area contributed by atoms with Crippen LogP contribution < -0.4 is 5.32 Å². The molecule has 8 nitrogen and oxygen atoms in total. The van der Waals surface area contributed by atoms with E-state index in [0.717, 1.165) is 24.8 Å². The van der Waals surface area contributed by atoms with E-state index in [9.17, 15) is 19.7 Å². The number of benzene rings is 1. The molecule has 132 valence electrons. The van der Waals surface area contributed by atoms with Crippen LogP contribution in [0.25, 0.3) is 0 Å². The van der Waals surface area contributed by atoms with Gasteiger partial charge < -0.3 is 15.3 Å². The first kappa shape index (κ1) is 19.4. The molecule has 1 aromatic rings. The van der Waals surface area contributed by atoms with Crippen LogP contribution in [0.2, 0.25) is 0 Å². The van der Waals surface area contributed by atoms with Crippen molar-refractivity contribution in [3.8, 4) is 0 Å². The Bertz CT molecular complexity index is 574. The number of carboxylic acids is 1. The Morgan fingerprint density at radius 3 is 2.46 bits per heavy atom. The second-order valence-electron chi connectivity index (χ2n) is 5.73. The second kappa shape index (κ2) is 9.49. The lowest BCUT2D eigenvalue weighted by Gasteiger charge is -2.19. The highest BCUT2D eigenvalue weighted by molar-refractivity contribution is 5.75. The van der Waals surface area contributed by atoms with Crippen LogP contribution >= 0.6 is 0 Å². The number of carbonyl (C=O) groups is 2. The van der Waals surface area contributed by atoms with Crippen LogP contribution in [0, 0.1) is 16.0 Å². The number of non-ortho nitro benzene ring substituents is 1. The van der Waals surface area contributed by atoms with E-state index in [4.69, 9.17) is 5.11 Å². The molecular weight excluding hydrogens is 314 g/mol. The summed E-state index contributed by atoms with van der Waals surface area (Å²) in [7, 11) is 1.56. The quantitative estimate of drug-likeness (QED) is 0.408. The Kier molecular flexibility index (Phi) is 7.67. The fraction of sp³-hybridized carbons (Fsp3) is 0.500. The zero-order valence-corrected chi connectivity index (χ0v) is 13.9. The SMILES string of the molecule is CC(CN(C)C(=O)NCCCCc1ccc([N+](=O)[O-])cc1)C(=O)O. The maximum atomic E-state index is 11.8. The Labute approximate surface area is 140 Å². The summed E-state index contributed by atoms with van der Waals surface area (Å²) in [6.07, 6.45) is 2.39. The topological polar surface area (TPSA) is 113 Å². The lowest BCUT2D eigenvalue weighted by molar-refractivity contribution is -0.384. The Hall–Kier alpha value is -2.64. The summed E-state index contributed by atoms with van der Waals surface area (Å²) < 4.78 is 0. The number of aliphatic carboxylic acids is 1. The number of hydrogen-bond donors (Lipinski definition) is 2. The molecule has 1 unspecified atom stereocenters. The average Bonchev–Trinajstić information content (AvgIpc) is 2.54. The van der Waals surface area contributed by atoms with Crippen molar-refractivity contribution < 1.29 is 19.6 Å². The summed E-state index contributed by atoms with van der Waals surface area (Å²) in [4.78, 5) is 34.0. The molecule has 1 rings (SSSR count). The van der Waals surface area contributed by atoms with Gasteiger partial charge in [-0.3, -0.25) is 14.9 Å². The largest absolute Gasteiger partial charge is 0.481 e. The number of urea groups is 1. The van der Waals surface area contributed by atoms with E-state index in [1.807, 2.05) is 0 Å². The van der Waals surface area contributed by atoms with Crippen molar-refractivity contribution in [3.05, 3.63) is 39.9 Å². The van der Waals surface area contributed by atoms with Gasteiger partial charge in [-0.25, -0.2) is 4.79 Å². The minimum absolute atomic E-state index is 0.0737. The highest BCUT2D eigenvalue weighted by atomic mass is 16.6. The molecule has 0 fully saturated rings. The van der Waals surface area contributed by atoms with Crippen molar-refractivity contribution in [2.45, 2.75) is 26.2 Å². The molecule has 8 heteroatoms. The van der Waals surface area contributed by atoms with E-state index in [0.29, 0.717) is 6.54 Å². The van der Waals surface area contributed by atoms with Crippen molar-refractivity contribution >= 4 is 17.7 Å². The van der Waals surface area contributed by atoms with Gasteiger partial charge in [0.05, 0.1) is 10.8 Å². The van der Waals surface area contributed by atoms with Crippen LogP contribution in [0.1, 0.15) is 25.3 Å². The molecule has 1 atom stereocenters. The minimum atomic E-state index is -0.933. The molecule has 0 radical (unpaired) electrons. The van der Waals surface area contributed by atoms with Crippen LogP contribution in [-0.4, -0.2) is 47.1 Å². The highest BCUT2D eigenvalue weighted by Gasteiger charge is 2.16. The second-order valence-corrected chi connectivity index (χ2v) is 5.73. The van der Waals surface area contributed by atoms with Gasteiger partial charge in [0.1, 0.15) is 0 Å². The Morgan fingerprint density at radius 2 is 1.92 bits per heavy atom. The van der Waals surface area contributed by atoms with E-state index in [-0.39, 0.29) is 18.3 Å². The van der Waals surface area contributed by atoms with Crippen molar-refractivity contribution in [2.75, 3.05) is 20.1 Å². The van der Waals surface area contributed by atoms with Crippen LogP contribution in [0.3, 0.4) is 0 Å². The van der Waals surface area contributed by atoms with Crippen molar-refractivity contribution in [1.29, 1.82) is 0 Å². The van der Waals surface area contributed by atoms with Gasteiger partial charge in [0.2, 0.25) is 0 Å². The highest BCUT2D eigenvalue weighted by Crippen LogP contribution is 2.13. The molecule has 0 heterocycles. The van der Waals surface area contributed by atoms with Gasteiger partial charge in [-0.2, -0.15) is 0 Å². The van der Waals surface area contributed by atoms with Gasteiger partial charge in [-0.1, -0.05) is 19.1 Å².